The molecule has 0 aliphatic rings. The van der Waals surface area contributed by atoms with Crippen molar-refractivity contribution in [2.75, 3.05) is 0 Å². The fraction of sp³-hybridized carbons (Fsp3) is 0.167. The van der Waals surface area contributed by atoms with Gasteiger partial charge in [0.1, 0.15) is 0 Å². The number of hydrogen-bond acceptors (Lipinski definition) is 3. The second-order valence-corrected chi connectivity index (χ2v) is 1.43. The summed E-state index contributed by atoms with van der Waals surface area (Å²) < 4.78 is 0. The maximum absolute atomic E-state index is 9.00. The van der Waals surface area contributed by atoms with Gasteiger partial charge in [-0.1, -0.05) is 0 Å². The molecule has 1 aromatic heterocycles. The number of nitrogens with zero attached hydrogens (tertiary/aromatic N) is 2. The van der Waals surface area contributed by atoms with Gasteiger partial charge in [-0.2, -0.15) is 10.2 Å². The van der Waals surface area contributed by atoms with Crippen LogP contribution in [0, 0.1) is 0 Å². The highest BCUT2D eigenvalue weighted by atomic mass is 16.4. The van der Waals surface area contributed by atoms with Crippen molar-refractivity contribution in [2.45, 2.75) is 6.92 Å². The van der Waals surface area contributed by atoms with Crippen LogP contribution in [0.1, 0.15) is 6.92 Å². The van der Waals surface area contributed by atoms with Crippen molar-refractivity contribution in [3.05, 3.63) is 24.5 Å². The van der Waals surface area contributed by atoms with Crippen molar-refractivity contribution in [1.29, 1.82) is 0 Å². The van der Waals surface area contributed by atoms with Crippen LogP contribution in [0.15, 0.2) is 24.5 Å². The molecule has 0 unspecified atom stereocenters. The Morgan fingerprint density at radius 1 is 1.30 bits per heavy atom. The van der Waals surface area contributed by atoms with Crippen LogP contribution in [0.2, 0.25) is 0 Å². The molecule has 0 spiro atoms. The lowest BCUT2D eigenvalue weighted by molar-refractivity contribution is -0.134. The summed E-state index contributed by atoms with van der Waals surface area (Å²) >= 11 is 0. The van der Waals surface area contributed by atoms with Crippen LogP contribution in [-0.2, 0) is 4.79 Å². The number of rotatable bonds is 0. The molecule has 0 atom stereocenters. The first-order valence-electron chi connectivity index (χ1n) is 2.64. The van der Waals surface area contributed by atoms with Crippen molar-refractivity contribution in [1.82, 2.24) is 10.2 Å². The average Bonchev–Trinajstić information content (AvgIpc) is 1.90. The Morgan fingerprint density at radius 2 is 1.60 bits per heavy atom. The summed E-state index contributed by atoms with van der Waals surface area (Å²) in [6.45, 7) is 1.08. The molecule has 54 valence electrons. The third-order valence-corrected chi connectivity index (χ3v) is 0.483. The van der Waals surface area contributed by atoms with E-state index in [2.05, 4.69) is 10.2 Å². The van der Waals surface area contributed by atoms with Gasteiger partial charge < -0.3 is 5.11 Å². The fourth-order valence-electron chi connectivity index (χ4n) is 0.253. The van der Waals surface area contributed by atoms with E-state index in [4.69, 9.17) is 9.90 Å². The van der Waals surface area contributed by atoms with Gasteiger partial charge in [0.05, 0.1) is 0 Å². The molecule has 0 aliphatic heterocycles. The first-order chi connectivity index (χ1) is 4.73. The van der Waals surface area contributed by atoms with Gasteiger partial charge in [0.25, 0.3) is 5.97 Å². The van der Waals surface area contributed by atoms with E-state index in [0.717, 1.165) is 6.92 Å². The summed E-state index contributed by atoms with van der Waals surface area (Å²) in [7, 11) is 0. The summed E-state index contributed by atoms with van der Waals surface area (Å²) in [5.41, 5.74) is 0. The van der Waals surface area contributed by atoms with Crippen LogP contribution in [-0.4, -0.2) is 21.3 Å². The van der Waals surface area contributed by atoms with Gasteiger partial charge in [0, 0.05) is 19.3 Å². The predicted octanol–water partition coefficient (Wildman–Crippen LogP) is 0.567. The van der Waals surface area contributed by atoms with Gasteiger partial charge in [-0.05, 0) is 12.1 Å². The lowest BCUT2D eigenvalue weighted by Crippen LogP contribution is -1.78. The Bertz CT molecular complexity index is 146. The second-order valence-electron chi connectivity index (χ2n) is 1.43. The Balaban J connectivity index is 0.000000180. The monoisotopic (exact) mass is 140 g/mol. The summed E-state index contributed by atoms with van der Waals surface area (Å²) in [4.78, 5) is 9.00. The molecule has 0 saturated heterocycles. The maximum Gasteiger partial charge on any atom is 0.300 e. The van der Waals surface area contributed by atoms with Crippen molar-refractivity contribution in [2.24, 2.45) is 0 Å². The van der Waals surface area contributed by atoms with Gasteiger partial charge in [-0.15, -0.1) is 0 Å². The van der Waals surface area contributed by atoms with Crippen molar-refractivity contribution in [3.8, 4) is 0 Å². The summed E-state index contributed by atoms with van der Waals surface area (Å²) in [5.74, 6) is -0.833. The largest absolute Gasteiger partial charge is 0.481 e. The smallest absolute Gasteiger partial charge is 0.300 e. The molecular formula is C6H8N2O2. The molecule has 10 heavy (non-hydrogen) atoms. The van der Waals surface area contributed by atoms with Crippen LogP contribution in [0.3, 0.4) is 0 Å². The van der Waals surface area contributed by atoms with Gasteiger partial charge in [-0.25, -0.2) is 0 Å². The molecule has 0 fully saturated rings. The lowest BCUT2D eigenvalue weighted by Gasteiger charge is -1.69. The van der Waals surface area contributed by atoms with E-state index in [-0.39, 0.29) is 0 Å². The molecule has 4 nitrogen and oxygen atoms in total. The van der Waals surface area contributed by atoms with Crippen LogP contribution in [0.4, 0.5) is 0 Å². The van der Waals surface area contributed by atoms with Gasteiger partial charge in [0.15, 0.2) is 0 Å². The quantitative estimate of drug-likeness (QED) is 0.572. The highest BCUT2D eigenvalue weighted by molar-refractivity contribution is 5.62. The summed E-state index contributed by atoms with van der Waals surface area (Å²) in [5, 5.41) is 14.5. The number of aromatic nitrogens is 2. The van der Waals surface area contributed by atoms with Gasteiger partial charge in [0.2, 0.25) is 0 Å². The number of carbonyl (C=O) groups is 1. The Morgan fingerprint density at radius 3 is 1.70 bits per heavy atom. The maximum atomic E-state index is 9.00. The molecule has 1 heterocycles. The van der Waals surface area contributed by atoms with Gasteiger partial charge in [-0.3, -0.25) is 4.79 Å². The molecule has 0 bridgehead atoms. The van der Waals surface area contributed by atoms with E-state index < -0.39 is 5.97 Å². The molecular weight excluding hydrogens is 132 g/mol. The number of hydrogen-bond donors (Lipinski definition) is 1. The molecule has 0 amide bonds. The minimum Gasteiger partial charge on any atom is -0.481 e. The summed E-state index contributed by atoms with van der Waals surface area (Å²) in [6, 6.07) is 3.65. The second kappa shape index (κ2) is 5.68. The zero-order chi connectivity index (χ0) is 7.82. The number of carboxylic acid groups (broad SMARTS) is 1. The molecule has 1 N–H and O–H groups in total. The molecule has 0 radical (unpaired) electrons. The molecule has 1 rings (SSSR count). The molecule has 0 aromatic carbocycles. The third-order valence-electron chi connectivity index (χ3n) is 0.483. The van der Waals surface area contributed by atoms with Crippen LogP contribution >= 0.6 is 0 Å². The lowest BCUT2D eigenvalue weighted by atomic mass is 10.6. The minimum atomic E-state index is -0.833. The Labute approximate surface area is 58.5 Å². The zero-order valence-corrected chi connectivity index (χ0v) is 5.56. The molecule has 0 saturated carbocycles. The SMILES string of the molecule is CC(=O)O.c1ccnnc1. The van der Waals surface area contributed by atoms with Crippen LogP contribution in [0.5, 0.6) is 0 Å². The van der Waals surface area contributed by atoms with E-state index in [0.29, 0.717) is 0 Å². The highest BCUT2D eigenvalue weighted by Gasteiger charge is 1.65. The van der Waals surface area contributed by atoms with Crippen molar-refractivity contribution >= 4 is 5.97 Å². The van der Waals surface area contributed by atoms with E-state index in [1.54, 1.807) is 12.4 Å². The normalized spacial score (nSPS) is 7.30. The molecule has 0 aliphatic carbocycles. The fourth-order valence-corrected chi connectivity index (χ4v) is 0.253. The van der Waals surface area contributed by atoms with E-state index in [9.17, 15) is 0 Å². The van der Waals surface area contributed by atoms with Gasteiger partial charge >= 0.3 is 0 Å². The third kappa shape index (κ3) is 9.75. The first kappa shape index (κ1) is 8.55. The van der Waals surface area contributed by atoms with E-state index in [1.807, 2.05) is 12.1 Å². The molecule has 1 aromatic rings. The van der Waals surface area contributed by atoms with Crippen LogP contribution < -0.4 is 0 Å². The van der Waals surface area contributed by atoms with E-state index in [1.165, 1.54) is 0 Å². The predicted molar refractivity (Wildman–Crippen MR) is 35.3 cm³/mol. The minimum absolute atomic E-state index is 0.833. The van der Waals surface area contributed by atoms with Crippen LogP contribution in [0.25, 0.3) is 0 Å². The zero-order valence-electron chi connectivity index (χ0n) is 5.56. The average molecular weight is 140 g/mol. The number of carboxylic acids is 1. The first-order valence-corrected chi connectivity index (χ1v) is 2.64. The Kier molecular flexibility index (Phi) is 4.86. The van der Waals surface area contributed by atoms with Crippen molar-refractivity contribution in [3.63, 3.8) is 0 Å². The topological polar surface area (TPSA) is 63.1 Å². The summed E-state index contributed by atoms with van der Waals surface area (Å²) in [6.07, 6.45) is 3.28. The number of aliphatic carboxylic acids is 1. The van der Waals surface area contributed by atoms with Crippen molar-refractivity contribution < 1.29 is 9.90 Å². The highest BCUT2D eigenvalue weighted by Crippen LogP contribution is 1.68. The standard InChI is InChI=1S/C4H4N2.C2H4O2/c1-2-4-6-5-3-1;1-2(3)4/h1-4H;1H3,(H,3,4). The molecule has 4 heteroatoms. The Hall–Kier alpha value is -1.45. The van der Waals surface area contributed by atoms with E-state index >= 15 is 0 Å².